The van der Waals surface area contributed by atoms with E-state index in [1.807, 2.05) is 84.9 Å². The Hall–Kier alpha value is -3.38. The summed E-state index contributed by atoms with van der Waals surface area (Å²) in [7, 11) is 0. The lowest BCUT2D eigenvalue weighted by molar-refractivity contribution is -0.119. The first-order valence-electron chi connectivity index (χ1n) is 9.24. The van der Waals surface area contributed by atoms with E-state index in [-0.39, 0.29) is 17.4 Å². The van der Waals surface area contributed by atoms with Crippen LogP contribution in [0.1, 0.15) is 5.56 Å². The van der Waals surface area contributed by atoms with E-state index in [0.717, 1.165) is 22.7 Å². The molecule has 0 unspecified atom stereocenters. The number of carbonyl (C=O) groups excluding carboxylic acids is 1. The third kappa shape index (κ3) is 7.27. The van der Waals surface area contributed by atoms with Gasteiger partial charge in [0.2, 0.25) is 5.91 Å². The van der Waals surface area contributed by atoms with E-state index in [2.05, 4.69) is 10.6 Å². The molecule has 0 atom stereocenters. The molecule has 0 fully saturated rings. The van der Waals surface area contributed by atoms with E-state index in [4.69, 9.17) is 21.7 Å². The van der Waals surface area contributed by atoms with Crippen molar-refractivity contribution < 1.29 is 14.3 Å². The van der Waals surface area contributed by atoms with Gasteiger partial charge in [-0.05, 0) is 54.2 Å². The molecule has 0 aromatic heterocycles. The summed E-state index contributed by atoms with van der Waals surface area (Å²) < 4.78 is 11.3. The Morgan fingerprint density at radius 1 is 0.759 bits per heavy atom. The van der Waals surface area contributed by atoms with Gasteiger partial charge in [0.05, 0.1) is 6.42 Å². The number of rotatable bonds is 8. The molecule has 0 saturated heterocycles. The summed E-state index contributed by atoms with van der Waals surface area (Å²) in [5.74, 6) is 1.39. The molecule has 2 N–H and O–H groups in total. The van der Waals surface area contributed by atoms with Gasteiger partial charge in [0.1, 0.15) is 24.7 Å². The Balaban J connectivity index is 1.38. The molecule has 0 spiro atoms. The number of hydrogen-bond acceptors (Lipinski definition) is 4. The molecule has 29 heavy (non-hydrogen) atoms. The largest absolute Gasteiger partial charge is 0.490 e. The van der Waals surface area contributed by atoms with Gasteiger partial charge in [-0.25, -0.2) is 0 Å². The monoisotopic (exact) mass is 406 g/mol. The van der Waals surface area contributed by atoms with Gasteiger partial charge < -0.3 is 20.1 Å². The summed E-state index contributed by atoms with van der Waals surface area (Å²) in [4.78, 5) is 12.0. The summed E-state index contributed by atoms with van der Waals surface area (Å²) >= 11 is 5.20. The fourth-order valence-corrected chi connectivity index (χ4v) is 2.82. The van der Waals surface area contributed by atoms with Gasteiger partial charge in [0, 0.05) is 5.69 Å². The maximum Gasteiger partial charge on any atom is 0.230 e. The van der Waals surface area contributed by atoms with Crippen LogP contribution in [0, 0.1) is 0 Å². The lowest BCUT2D eigenvalue weighted by Gasteiger charge is -2.11. The van der Waals surface area contributed by atoms with Crippen molar-refractivity contribution >= 4 is 28.9 Å². The highest BCUT2D eigenvalue weighted by molar-refractivity contribution is 7.80. The van der Waals surface area contributed by atoms with Gasteiger partial charge in [-0.1, -0.05) is 48.5 Å². The average Bonchev–Trinajstić information content (AvgIpc) is 2.73. The SMILES string of the molecule is O=C(Cc1ccccc1)NC(=S)Nc1ccc(OCCOc2ccccc2)cc1. The predicted octanol–water partition coefficient (Wildman–Crippen LogP) is 4.20. The minimum Gasteiger partial charge on any atom is -0.490 e. The molecule has 3 aromatic carbocycles. The second-order valence-corrected chi connectivity index (χ2v) is 6.61. The number of anilines is 1. The highest BCUT2D eigenvalue weighted by Gasteiger charge is 2.06. The van der Waals surface area contributed by atoms with Gasteiger partial charge in [-0.15, -0.1) is 0 Å². The van der Waals surface area contributed by atoms with Crippen LogP contribution in [0.2, 0.25) is 0 Å². The average molecular weight is 407 g/mol. The zero-order chi connectivity index (χ0) is 20.3. The molecule has 5 nitrogen and oxygen atoms in total. The van der Waals surface area contributed by atoms with E-state index < -0.39 is 0 Å². The number of hydrogen-bond donors (Lipinski definition) is 2. The van der Waals surface area contributed by atoms with E-state index in [9.17, 15) is 4.79 Å². The Kier molecular flexibility index (Phi) is 7.60. The molecule has 0 aliphatic rings. The summed E-state index contributed by atoms with van der Waals surface area (Å²) in [5, 5.41) is 5.94. The fourth-order valence-electron chi connectivity index (χ4n) is 2.58. The first kappa shape index (κ1) is 20.4. The van der Waals surface area contributed by atoms with Crippen molar-refractivity contribution in [1.29, 1.82) is 0 Å². The molecule has 148 valence electrons. The molecule has 0 saturated carbocycles. The first-order chi connectivity index (χ1) is 14.2. The van der Waals surface area contributed by atoms with E-state index in [0.29, 0.717) is 13.2 Å². The molecular formula is C23H22N2O3S. The summed E-state index contributed by atoms with van der Waals surface area (Å²) in [6, 6.07) is 26.5. The van der Waals surface area contributed by atoms with E-state index in [1.54, 1.807) is 0 Å². The Morgan fingerprint density at radius 3 is 1.93 bits per heavy atom. The van der Waals surface area contributed by atoms with Crippen molar-refractivity contribution in [3.05, 3.63) is 90.5 Å². The zero-order valence-corrected chi connectivity index (χ0v) is 16.7. The molecule has 0 heterocycles. The second-order valence-electron chi connectivity index (χ2n) is 6.20. The molecule has 0 aliphatic heterocycles. The third-order valence-electron chi connectivity index (χ3n) is 3.94. The smallest absolute Gasteiger partial charge is 0.230 e. The molecule has 0 radical (unpaired) electrons. The van der Waals surface area contributed by atoms with Crippen LogP contribution in [0.3, 0.4) is 0 Å². The lowest BCUT2D eigenvalue weighted by atomic mass is 10.1. The summed E-state index contributed by atoms with van der Waals surface area (Å²) in [6.45, 7) is 0.900. The fraction of sp³-hybridized carbons (Fsp3) is 0.130. The van der Waals surface area contributed by atoms with Crippen LogP contribution in [0.4, 0.5) is 5.69 Å². The second kappa shape index (κ2) is 10.8. The van der Waals surface area contributed by atoms with Crippen LogP contribution in [0.25, 0.3) is 0 Å². The Morgan fingerprint density at radius 2 is 1.31 bits per heavy atom. The lowest BCUT2D eigenvalue weighted by Crippen LogP contribution is -2.35. The summed E-state index contributed by atoms with van der Waals surface area (Å²) in [5.41, 5.74) is 1.70. The van der Waals surface area contributed by atoms with Crippen molar-refractivity contribution in [2.75, 3.05) is 18.5 Å². The predicted molar refractivity (Wildman–Crippen MR) is 118 cm³/mol. The van der Waals surface area contributed by atoms with Crippen molar-refractivity contribution in [3.63, 3.8) is 0 Å². The molecule has 0 aliphatic carbocycles. The quantitative estimate of drug-likeness (QED) is 0.434. The molecule has 3 aromatic rings. The number of amides is 1. The normalized spacial score (nSPS) is 10.1. The van der Waals surface area contributed by atoms with Crippen LogP contribution in [-0.2, 0) is 11.2 Å². The van der Waals surface area contributed by atoms with Gasteiger partial charge in [-0.3, -0.25) is 4.79 Å². The number of benzene rings is 3. The van der Waals surface area contributed by atoms with Crippen LogP contribution in [0.5, 0.6) is 11.5 Å². The van der Waals surface area contributed by atoms with Crippen LogP contribution < -0.4 is 20.1 Å². The molecule has 1 amide bonds. The summed E-state index contributed by atoms with van der Waals surface area (Å²) in [6.07, 6.45) is 0.278. The highest BCUT2D eigenvalue weighted by atomic mass is 32.1. The molecular weight excluding hydrogens is 384 g/mol. The van der Waals surface area contributed by atoms with Crippen LogP contribution in [0.15, 0.2) is 84.9 Å². The molecule has 6 heteroatoms. The highest BCUT2D eigenvalue weighted by Crippen LogP contribution is 2.16. The number of nitrogens with one attached hydrogen (secondary N) is 2. The van der Waals surface area contributed by atoms with Gasteiger partial charge in [-0.2, -0.15) is 0 Å². The van der Waals surface area contributed by atoms with E-state index >= 15 is 0 Å². The van der Waals surface area contributed by atoms with Crippen molar-refractivity contribution in [2.24, 2.45) is 0 Å². The van der Waals surface area contributed by atoms with Crippen molar-refractivity contribution in [2.45, 2.75) is 6.42 Å². The first-order valence-corrected chi connectivity index (χ1v) is 9.65. The number of para-hydroxylation sites is 1. The third-order valence-corrected chi connectivity index (χ3v) is 4.14. The zero-order valence-electron chi connectivity index (χ0n) is 15.8. The van der Waals surface area contributed by atoms with Crippen molar-refractivity contribution in [3.8, 4) is 11.5 Å². The number of thiocarbonyl (C=S) groups is 1. The topological polar surface area (TPSA) is 59.6 Å². The number of carbonyl (C=O) groups is 1. The standard InChI is InChI=1S/C23H22N2O3S/c26-22(17-18-7-3-1-4-8-18)25-23(29)24-19-11-13-21(14-12-19)28-16-15-27-20-9-5-2-6-10-20/h1-14H,15-17H2,(H2,24,25,26,29). The molecule has 3 rings (SSSR count). The minimum absolute atomic E-state index is 0.160. The van der Waals surface area contributed by atoms with E-state index in [1.165, 1.54) is 0 Å². The van der Waals surface area contributed by atoms with Gasteiger partial charge in [0.25, 0.3) is 0 Å². The number of ether oxygens (including phenoxy) is 2. The van der Waals surface area contributed by atoms with Crippen LogP contribution in [-0.4, -0.2) is 24.2 Å². The van der Waals surface area contributed by atoms with Gasteiger partial charge in [0.15, 0.2) is 5.11 Å². The Labute approximate surface area is 175 Å². The minimum atomic E-state index is -0.160. The molecule has 0 bridgehead atoms. The maximum atomic E-state index is 12.0. The van der Waals surface area contributed by atoms with Crippen LogP contribution >= 0.6 is 12.2 Å². The van der Waals surface area contributed by atoms with Crippen molar-refractivity contribution in [1.82, 2.24) is 5.32 Å². The Bertz CT molecular complexity index is 916. The maximum absolute atomic E-state index is 12.0. The van der Waals surface area contributed by atoms with Gasteiger partial charge >= 0.3 is 0 Å².